The second-order valence-corrected chi connectivity index (χ2v) is 2.31. The summed E-state index contributed by atoms with van der Waals surface area (Å²) in [6.07, 6.45) is 0. The van der Waals surface area contributed by atoms with Crippen molar-refractivity contribution in [2.24, 2.45) is 5.73 Å². The lowest BCUT2D eigenvalue weighted by Gasteiger charge is -1.94. The third-order valence-electron chi connectivity index (χ3n) is 0.471. The van der Waals surface area contributed by atoms with Crippen molar-refractivity contribution in [1.82, 2.24) is 0 Å². The van der Waals surface area contributed by atoms with E-state index in [2.05, 4.69) is 17.0 Å². The van der Waals surface area contributed by atoms with Crippen molar-refractivity contribution >= 4 is 17.2 Å². The van der Waals surface area contributed by atoms with Gasteiger partial charge in [-0.05, 0) is 6.92 Å². The van der Waals surface area contributed by atoms with Crippen LogP contribution in [-0.2, 0) is 4.74 Å². The van der Waals surface area contributed by atoms with Crippen molar-refractivity contribution in [1.29, 1.82) is 0 Å². The lowest BCUT2D eigenvalue weighted by molar-refractivity contribution is 0.0650. The number of ether oxygens (including phenoxy) is 1. The number of nitrogens with two attached hydrogens (primary N) is 1. The molecule has 0 saturated carbocycles. The highest BCUT2D eigenvalue weighted by molar-refractivity contribution is 7.80. The molecular formula is C6H15NO3S. The molecule has 0 aromatic heterocycles. The van der Waals surface area contributed by atoms with Crippen LogP contribution in [0.4, 0.5) is 0 Å². The third kappa shape index (κ3) is 41.5. The molecule has 0 bridgehead atoms. The molecule has 11 heavy (non-hydrogen) atoms. The molecule has 0 amide bonds. The lowest BCUT2D eigenvalue weighted by Crippen LogP contribution is -2.03. The highest BCUT2D eigenvalue weighted by Crippen LogP contribution is 1.68. The molecule has 5 heteroatoms. The molecule has 68 valence electrons. The molecule has 4 N–H and O–H groups in total. The van der Waals surface area contributed by atoms with Crippen molar-refractivity contribution in [2.75, 3.05) is 26.4 Å². The van der Waals surface area contributed by atoms with Gasteiger partial charge in [-0.3, -0.25) is 0 Å². The lowest BCUT2D eigenvalue weighted by atomic mass is 10.7. The van der Waals surface area contributed by atoms with Crippen LogP contribution in [-0.4, -0.2) is 41.6 Å². The van der Waals surface area contributed by atoms with Gasteiger partial charge in [-0.25, -0.2) is 0 Å². The molecule has 0 heterocycles. The van der Waals surface area contributed by atoms with Crippen LogP contribution in [0, 0.1) is 0 Å². The molecule has 0 atom stereocenters. The van der Waals surface area contributed by atoms with Crippen LogP contribution in [0.3, 0.4) is 0 Å². The summed E-state index contributed by atoms with van der Waals surface area (Å²) in [6, 6.07) is 0. The topological polar surface area (TPSA) is 75.7 Å². The SMILES string of the molecule is CC(N)=S.OCCOCCO. The average molecular weight is 181 g/mol. The molecule has 0 aliphatic heterocycles. The maximum absolute atomic E-state index is 8.09. The summed E-state index contributed by atoms with van der Waals surface area (Å²) in [4.78, 5) is 0.500. The van der Waals surface area contributed by atoms with Crippen LogP contribution >= 0.6 is 12.2 Å². The Hall–Kier alpha value is -0.230. The minimum Gasteiger partial charge on any atom is -0.394 e. The van der Waals surface area contributed by atoms with E-state index in [1.165, 1.54) is 0 Å². The van der Waals surface area contributed by atoms with Crippen LogP contribution in [0.25, 0.3) is 0 Å². The molecule has 0 fully saturated rings. The number of hydrogen-bond acceptors (Lipinski definition) is 4. The van der Waals surface area contributed by atoms with E-state index in [9.17, 15) is 0 Å². The predicted octanol–water partition coefficient (Wildman–Crippen LogP) is -0.720. The minimum atomic E-state index is 0.0278. The van der Waals surface area contributed by atoms with Gasteiger partial charge in [0.2, 0.25) is 0 Å². The molecule has 0 aliphatic rings. The van der Waals surface area contributed by atoms with Gasteiger partial charge in [0, 0.05) is 0 Å². The van der Waals surface area contributed by atoms with Gasteiger partial charge >= 0.3 is 0 Å². The summed E-state index contributed by atoms with van der Waals surface area (Å²) in [7, 11) is 0. The highest BCUT2D eigenvalue weighted by atomic mass is 32.1. The molecule has 0 aromatic carbocycles. The fraction of sp³-hybridized carbons (Fsp3) is 0.833. The van der Waals surface area contributed by atoms with E-state index in [0.29, 0.717) is 18.2 Å². The summed E-state index contributed by atoms with van der Waals surface area (Å²) in [5.41, 5.74) is 4.84. The Morgan fingerprint density at radius 2 is 1.64 bits per heavy atom. The van der Waals surface area contributed by atoms with Gasteiger partial charge in [0.25, 0.3) is 0 Å². The number of hydrogen-bond donors (Lipinski definition) is 3. The van der Waals surface area contributed by atoms with E-state index in [0.717, 1.165) is 0 Å². The van der Waals surface area contributed by atoms with Crippen molar-refractivity contribution in [3.63, 3.8) is 0 Å². The second kappa shape index (κ2) is 12.4. The Bertz CT molecular complexity index is 81.9. The molecule has 0 aromatic rings. The molecule has 0 aliphatic carbocycles. The Labute approximate surface area is 72.0 Å². The van der Waals surface area contributed by atoms with Crippen molar-refractivity contribution in [3.8, 4) is 0 Å². The largest absolute Gasteiger partial charge is 0.394 e. The fourth-order valence-electron chi connectivity index (χ4n) is 0.231. The summed E-state index contributed by atoms with van der Waals surface area (Å²) >= 11 is 4.31. The number of aliphatic hydroxyl groups is 2. The molecule has 0 saturated heterocycles. The molecule has 0 unspecified atom stereocenters. The summed E-state index contributed by atoms with van der Waals surface area (Å²) in [6.45, 7) is 2.37. The van der Waals surface area contributed by atoms with E-state index in [1.54, 1.807) is 6.92 Å². The first kappa shape index (κ1) is 13.4. The van der Waals surface area contributed by atoms with E-state index in [-0.39, 0.29) is 13.2 Å². The zero-order chi connectivity index (χ0) is 9.11. The molecule has 4 nitrogen and oxygen atoms in total. The van der Waals surface area contributed by atoms with E-state index in [1.807, 2.05) is 0 Å². The Morgan fingerprint density at radius 3 is 1.82 bits per heavy atom. The molecule has 0 rings (SSSR count). The third-order valence-corrected chi connectivity index (χ3v) is 0.471. The first-order valence-corrected chi connectivity index (χ1v) is 3.61. The van der Waals surface area contributed by atoms with Gasteiger partial charge in [-0.2, -0.15) is 0 Å². The van der Waals surface area contributed by atoms with Gasteiger partial charge < -0.3 is 20.7 Å². The Morgan fingerprint density at radius 1 is 1.36 bits per heavy atom. The summed E-state index contributed by atoms with van der Waals surface area (Å²) in [5, 5.41) is 16.2. The second-order valence-electron chi connectivity index (χ2n) is 1.67. The highest BCUT2D eigenvalue weighted by Gasteiger charge is 1.79. The maximum atomic E-state index is 8.09. The van der Waals surface area contributed by atoms with E-state index >= 15 is 0 Å². The van der Waals surface area contributed by atoms with Gasteiger partial charge in [0.05, 0.1) is 31.4 Å². The first-order valence-electron chi connectivity index (χ1n) is 3.20. The number of thiocarbonyl (C=S) groups is 1. The molecular weight excluding hydrogens is 166 g/mol. The zero-order valence-corrected chi connectivity index (χ0v) is 7.43. The van der Waals surface area contributed by atoms with Crippen molar-refractivity contribution in [3.05, 3.63) is 0 Å². The van der Waals surface area contributed by atoms with E-state index < -0.39 is 0 Å². The van der Waals surface area contributed by atoms with Gasteiger partial charge in [-0.1, -0.05) is 12.2 Å². The number of aliphatic hydroxyl groups excluding tert-OH is 2. The van der Waals surface area contributed by atoms with Crippen LogP contribution in [0.15, 0.2) is 0 Å². The van der Waals surface area contributed by atoms with Crippen molar-refractivity contribution in [2.45, 2.75) is 6.92 Å². The quantitative estimate of drug-likeness (QED) is 0.394. The number of rotatable bonds is 4. The van der Waals surface area contributed by atoms with Gasteiger partial charge in [-0.15, -0.1) is 0 Å². The predicted molar refractivity (Wildman–Crippen MR) is 47.5 cm³/mol. The van der Waals surface area contributed by atoms with Crippen LogP contribution in [0.2, 0.25) is 0 Å². The minimum absolute atomic E-state index is 0.0278. The average Bonchev–Trinajstić information content (AvgIpc) is 1.88. The Kier molecular flexibility index (Phi) is 15.1. The summed E-state index contributed by atoms with van der Waals surface area (Å²) in [5.74, 6) is 0. The van der Waals surface area contributed by atoms with Crippen LogP contribution in [0.5, 0.6) is 0 Å². The monoisotopic (exact) mass is 181 g/mol. The van der Waals surface area contributed by atoms with Gasteiger partial charge in [0.15, 0.2) is 0 Å². The van der Waals surface area contributed by atoms with Crippen molar-refractivity contribution < 1.29 is 14.9 Å². The van der Waals surface area contributed by atoms with Crippen LogP contribution in [0.1, 0.15) is 6.92 Å². The van der Waals surface area contributed by atoms with E-state index in [4.69, 9.17) is 15.9 Å². The smallest absolute Gasteiger partial charge is 0.0698 e. The maximum Gasteiger partial charge on any atom is 0.0698 e. The Balaban J connectivity index is 0. The molecule has 0 spiro atoms. The fourth-order valence-corrected chi connectivity index (χ4v) is 0.231. The zero-order valence-electron chi connectivity index (χ0n) is 6.62. The summed E-state index contributed by atoms with van der Waals surface area (Å²) < 4.78 is 4.63. The molecule has 0 radical (unpaired) electrons. The standard InChI is InChI=1S/C4H10O3.C2H5NS/c5-1-3-7-4-2-6;1-2(3)4/h5-6H,1-4H2;1H3,(H2,3,4). The van der Waals surface area contributed by atoms with Gasteiger partial charge in [0.1, 0.15) is 0 Å². The first-order chi connectivity index (χ1) is 5.15. The normalized spacial score (nSPS) is 8.27. The van der Waals surface area contributed by atoms with Crippen LogP contribution < -0.4 is 5.73 Å².